The summed E-state index contributed by atoms with van der Waals surface area (Å²) < 4.78 is 7.31. The standard InChI is InChI=1S/C30H41N7O3/c1-20(19-40-2)33-30-32-18-27-25(17-26(37(27)34-30)21-6-8-24(38)9-7-21)23-10-11-31-28(16-23)35-12-14-36(15-13-35)29(39)22-4-3-5-22/h10-11,16-18,20-22,24,38H,3-9,12-15,19H2,1-2H3,(H,33,34)/t20-,21?,24?/m0/s1. The fraction of sp³-hybridized carbons (Fsp3) is 0.600. The number of pyridine rings is 1. The minimum atomic E-state index is -0.212. The van der Waals surface area contributed by atoms with Crippen LogP contribution in [0.4, 0.5) is 11.8 Å². The monoisotopic (exact) mass is 547 g/mol. The predicted molar refractivity (Wildman–Crippen MR) is 155 cm³/mol. The average Bonchev–Trinajstić information content (AvgIpc) is 3.32. The van der Waals surface area contributed by atoms with E-state index >= 15 is 0 Å². The van der Waals surface area contributed by atoms with Crippen molar-refractivity contribution >= 4 is 23.2 Å². The Kier molecular flexibility index (Phi) is 7.89. The lowest BCUT2D eigenvalue weighted by Gasteiger charge is -2.38. The Morgan fingerprint density at radius 3 is 2.58 bits per heavy atom. The number of aliphatic hydroxyl groups excluding tert-OH is 1. The Labute approximate surface area is 235 Å². The summed E-state index contributed by atoms with van der Waals surface area (Å²) in [6.07, 6.45) is 10.3. The molecule has 0 aromatic carbocycles. The number of aromatic nitrogens is 4. The number of anilines is 2. The van der Waals surface area contributed by atoms with Gasteiger partial charge in [-0.25, -0.2) is 14.5 Å². The molecule has 3 aromatic heterocycles. The SMILES string of the molecule is COC[C@H](C)Nc1ncc2c(-c3ccnc(N4CCN(C(=O)C5CCC5)CC4)c3)cc(C3CCC(O)CC3)n2n1. The van der Waals surface area contributed by atoms with Crippen LogP contribution in [0.5, 0.6) is 0 Å². The van der Waals surface area contributed by atoms with Gasteiger partial charge >= 0.3 is 0 Å². The predicted octanol–water partition coefficient (Wildman–Crippen LogP) is 3.71. The van der Waals surface area contributed by atoms with Crippen molar-refractivity contribution in [3.63, 3.8) is 0 Å². The van der Waals surface area contributed by atoms with E-state index in [9.17, 15) is 9.90 Å². The van der Waals surface area contributed by atoms with Crippen LogP contribution in [-0.4, -0.2) is 87.5 Å². The Bertz CT molecular complexity index is 1320. The van der Waals surface area contributed by atoms with Gasteiger partial charge < -0.3 is 25.0 Å². The molecular weight excluding hydrogens is 506 g/mol. The number of aliphatic hydroxyl groups is 1. The molecule has 10 nitrogen and oxygen atoms in total. The van der Waals surface area contributed by atoms with Crippen molar-refractivity contribution in [1.82, 2.24) is 24.5 Å². The fourth-order valence-corrected chi connectivity index (χ4v) is 6.31. The number of hydrogen-bond donors (Lipinski definition) is 2. The highest BCUT2D eigenvalue weighted by Crippen LogP contribution is 2.38. The summed E-state index contributed by atoms with van der Waals surface area (Å²) >= 11 is 0. The van der Waals surface area contributed by atoms with E-state index in [1.807, 2.05) is 28.7 Å². The zero-order chi connectivity index (χ0) is 27.6. The molecule has 3 fully saturated rings. The third kappa shape index (κ3) is 5.51. The van der Waals surface area contributed by atoms with Crippen molar-refractivity contribution < 1.29 is 14.6 Å². The second-order valence-electron chi connectivity index (χ2n) is 11.7. The van der Waals surface area contributed by atoms with Gasteiger partial charge in [-0.3, -0.25) is 4.79 Å². The van der Waals surface area contributed by atoms with E-state index in [-0.39, 0.29) is 18.1 Å². The maximum Gasteiger partial charge on any atom is 0.241 e. The van der Waals surface area contributed by atoms with Crippen molar-refractivity contribution in [3.8, 4) is 11.1 Å². The summed E-state index contributed by atoms with van der Waals surface area (Å²) in [5.74, 6) is 2.41. The molecule has 214 valence electrons. The maximum atomic E-state index is 12.7. The number of amides is 1. The molecule has 1 aliphatic heterocycles. The molecule has 1 amide bonds. The van der Waals surface area contributed by atoms with E-state index in [0.717, 1.165) is 92.9 Å². The van der Waals surface area contributed by atoms with Gasteiger partial charge in [0.05, 0.1) is 24.4 Å². The third-order valence-corrected chi connectivity index (χ3v) is 8.88. The van der Waals surface area contributed by atoms with E-state index in [1.165, 1.54) is 6.42 Å². The van der Waals surface area contributed by atoms with Crippen LogP contribution in [0.3, 0.4) is 0 Å². The Hall–Kier alpha value is -3.24. The van der Waals surface area contributed by atoms with Crippen LogP contribution < -0.4 is 10.2 Å². The molecule has 3 aliphatic rings. The molecule has 2 saturated carbocycles. The van der Waals surface area contributed by atoms with Crippen LogP contribution in [0, 0.1) is 5.92 Å². The largest absolute Gasteiger partial charge is 0.393 e. The topological polar surface area (TPSA) is 108 Å². The number of hydrogen-bond acceptors (Lipinski definition) is 8. The van der Waals surface area contributed by atoms with Crippen molar-refractivity contribution in [1.29, 1.82) is 0 Å². The molecule has 6 rings (SSSR count). The van der Waals surface area contributed by atoms with Gasteiger partial charge in [-0.2, -0.15) is 0 Å². The minimum absolute atomic E-state index is 0.0815. The smallest absolute Gasteiger partial charge is 0.241 e. The van der Waals surface area contributed by atoms with Gasteiger partial charge in [0.1, 0.15) is 5.82 Å². The van der Waals surface area contributed by atoms with Gasteiger partial charge in [0, 0.05) is 68.6 Å². The number of carbonyl (C=O) groups excluding carboxylic acids is 1. The lowest BCUT2D eigenvalue weighted by atomic mass is 9.84. The highest BCUT2D eigenvalue weighted by Gasteiger charge is 2.31. The van der Waals surface area contributed by atoms with E-state index in [1.54, 1.807) is 7.11 Å². The Balaban J connectivity index is 1.27. The van der Waals surface area contributed by atoms with Crippen LogP contribution >= 0.6 is 0 Å². The van der Waals surface area contributed by atoms with Crippen LogP contribution in [0.1, 0.15) is 63.5 Å². The first kappa shape index (κ1) is 27.0. The summed E-state index contributed by atoms with van der Waals surface area (Å²) in [5, 5.41) is 18.4. The first-order chi connectivity index (χ1) is 19.5. The summed E-state index contributed by atoms with van der Waals surface area (Å²) in [5.41, 5.74) is 4.28. The lowest BCUT2D eigenvalue weighted by molar-refractivity contribution is -0.138. The number of fused-ring (bicyclic) bond motifs is 1. The molecular formula is C30H41N7O3. The molecule has 4 heterocycles. The van der Waals surface area contributed by atoms with E-state index in [4.69, 9.17) is 14.8 Å². The van der Waals surface area contributed by atoms with Gasteiger partial charge in [-0.05, 0) is 69.2 Å². The molecule has 0 bridgehead atoms. The fourth-order valence-electron chi connectivity index (χ4n) is 6.31. The molecule has 2 aliphatic carbocycles. The molecule has 10 heteroatoms. The minimum Gasteiger partial charge on any atom is -0.393 e. The number of carbonyl (C=O) groups is 1. The molecule has 2 N–H and O–H groups in total. The highest BCUT2D eigenvalue weighted by atomic mass is 16.5. The van der Waals surface area contributed by atoms with E-state index < -0.39 is 0 Å². The third-order valence-electron chi connectivity index (χ3n) is 8.88. The van der Waals surface area contributed by atoms with Crippen LogP contribution in [0.15, 0.2) is 30.6 Å². The summed E-state index contributed by atoms with van der Waals surface area (Å²) in [7, 11) is 1.69. The number of nitrogens with zero attached hydrogens (tertiary/aromatic N) is 6. The van der Waals surface area contributed by atoms with Gasteiger partial charge in [-0.15, -0.1) is 5.10 Å². The second-order valence-corrected chi connectivity index (χ2v) is 11.7. The van der Waals surface area contributed by atoms with Gasteiger partial charge in [0.25, 0.3) is 0 Å². The molecule has 1 atom stereocenters. The lowest BCUT2D eigenvalue weighted by Crippen LogP contribution is -2.51. The Morgan fingerprint density at radius 2 is 1.88 bits per heavy atom. The molecule has 0 radical (unpaired) electrons. The molecule has 40 heavy (non-hydrogen) atoms. The van der Waals surface area contributed by atoms with Gasteiger partial charge in [-0.1, -0.05) is 6.42 Å². The highest BCUT2D eigenvalue weighted by molar-refractivity contribution is 5.83. The van der Waals surface area contributed by atoms with Crippen molar-refractivity contribution in [2.24, 2.45) is 5.92 Å². The van der Waals surface area contributed by atoms with Crippen molar-refractivity contribution in [3.05, 3.63) is 36.3 Å². The zero-order valence-corrected chi connectivity index (χ0v) is 23.6. The average molecular weight is 548 g/mol. The van der Waals surface area contributed by atoms with Crippen LogP contribution in [0.2, 0.25) is 0 Å². The van der Waals surface area contributed by atoms with Crippen molar-refractivity contribution in [2.75, 3.05) is 50.1 Å². The van der Waals surface area contributed by atoms with E-state index in [0.29, 0.717) is 24.4 Å². The number of methoxy groups -OCH3 is 1. The summed E-state index contributed by atoms with van der Waals surface area (Å²) in [6.45, 7) is 5.69. The number of ether oxygens (including phenoxy) is 1. The summed E-state index contributed by atoms with van der Waals surface area (Å²) in [4.78, 5) is 26.4. The van der Waals surface area contributed by atoms with Gasteiger partial charge in [0.2, 0.25) is 11.9 Å². The number of nitrogens with one attached hydrogen (secondary N) is 1. The second kappa shape index (κ2) is 11.7. The quantitative estimate of drug-likeness (QED) is 0.440. The van der Waals surface area contributed by atoms with Gasteiger partial charge in [0.15, 0.2) is 0 Å². The van der Waals surface area contributed by atoms with Crippen LogP contribution in [0.25, 0.3) is 16.6 Å². The first-order valence-electron chi connectivity index (χ1n) is 14.8. The normalized spacial score (nSPS) is 22.8. The molecule has 0 spiro atoms. The number of rotatable bonds is 8. The molecule has 1 saturated heterocycles. The number of piperazine rings is 1. The Morgan fingerprint density at radius 1 is 1.10 bits per heavy atom. The molecule has 0 unspecified atom stereocenters. The van der Waals surface area contributed by atoms with Crippen LogP contribution in [-0.2, 0) is 9.53 Å². The maximum absolute atomic E-state index is 12.7. The van der Waals surface area contributed by atoms with Crippen molar-refractivity contribution in [2.45, 2.75) is 69.9 Å². The zero-order valence-electron chi connectivity index (χ0n) is 23.6. The molecule has 3 aromatic rings. The summed E-state index contributed by atoms with van der Waals surface area (Å²) in [6, 6.07) is 6.54. The van der Waals surface area contributed by atoms with E-state index in [2.05, 4.69) is 33.4 Å². The first-order valence-corrected chi connectivity index (χ1v) is 14.8.